The molecule has 0 atom stereocenters. The van der Waals surface area contributed by atoms with Crippen molar-refractivity contribution in [2.75, 3.05) is 19.0 Å². The van der Waals surface area contributed by atoms with Gasteiger partial charge in [-0.05, 0) is 43.7 Å². The highest BCUT2D eigenvalue weighted by Crippen LogP contribution is 2.32. The van der Waals surface area contributed by atoms with Gasteiger partial charge in [0.15, 0.2) is 12.2 Å². The number of amides is 2. The topological polar surface area (TPSA) is 140 Å². The van der Waals surface area contributed by atoms with Crippen LogP contribution in [0.15, 0.2) is 59.5 Å². The van der Waals surface area contributed by atoms with Crippen LogP contribution >= 0.6 is 0 Å². The van der Waals surface area contributed by atoms with Crippen LogP contribution < -0.4 is 20.1 Å². The van der Waals surface area contributed by atoms with Crippen LogP contribution in [0.2, 0.25) is 0 Å². The van der Waals surface area contributed by atoms with Crippen LogP contribution in [0.1, 0.15) is 25.8 Å². The van der Waals surface area contributed by atoms with Gasteiger partial charge in [-0.3, -0.25) is 14.4 Å². The molecule has 10 heteroatoms. The molecule has 2 aromatic carbocycles. The number of carbonyl (C=O) groups excluding carboxylic acids is 2. The van der Waals surface area contributed by atoms with E-state index in [-0.39, 0.29) is 13.0 Å². The maximum Gasteiger partial charge on any atom is 0.313 e. The lowest BCUT2D eigenvalue weighted by Crippen LogP contribution is -2.48. The molecule has 0 saturated heterocycles. The summed E-state index contributed by atoms with van der Waals surface area (Å²) in [5, 5.41) is 14.1. The number of nitrogens with one attached hydrogen (secondary N) is 2. The average Bonchev–Trinajstić information content (AvgIpc) is 3.34. The molecular formula is C25H27N3O7. The highest BCUT2D eigenvalue weighted by Gasteiger charge is 2.25. The molecule has 10 nitrogen and oxygen atoms in total. The molecule has 0 spiro atoms. The summed E-state index contributed by atoms with van der Waals surface area (Å²) in [7, 11) is 1.49. The molecule has 0 unspecified atom stereocenters. The molecule has 1 heterocycles. The molecule has 0 aliphatic carbocycles. The van der Waals surface area contributed by atoms with Crippen molar-refractivity contribution >= 4 is 23.5 Å². The standard InChI is InChI=1S/C25H27N3O7/c1-25(2,10-11-34-18-7-4-16(5-8-18)12-22(29)30)28-24(32)23(31)27-17-6-9-19(20(13-17)33-3)21-14-26-15-35-21/h4-9,13-15H,10-12H2,1-3H3,(H,27,31)(H,28,32)(H,29,30). The molecule has 3 N–H and O–H groups in total. The number of carboxylic acids is 1. The smallest absolute Gasteiger partial charge is 0.313 e. The van der Waals surface area contributed by atoms with E-state index < -0.39 is 23.3 Å². The third-order valence-electron chi connectivity index (χ3n) is 5.09. The van der Waals surface area contributed by atoms with Crippen LogP contribution in [0.4, 0.5) is 5.69 Å². The van der Waals surface area contributed by atoms with E-state index in [2.05, 4.69) is 15.6 Å². The predicted molar refractivity (Wildman–Crippen MR) is 127 cm³/mol. The van der Waals surface area contributed by atoms with E-state index in [1.54, 1.807) is 62.5 Å². The number of carbonyl (C=O) groups is 3. The van der Waals surface area contributed by atoms with E-state index in [4.69, 9.17) is 19.0 Å². The number of aromatic nitrogens is 1. The minimum Gasteiger partial charge on any atom is -0.496 e. The van der Waals surface area contributed by atoms with E-state index in [9.17, 15) is 14.4 Å². The zero-order valence-corrected chi connectivity index (χ0v) is 19.7. The van der Waals surface area contributed by atoms with Crippen molar-refractivity contribution in [3.8, 4) is 22.8 Å². The fraction of sp³-hybridized carbons (Fsp3) is 0.280. The number of methoxy groups -OCH3 is 1. The lowest BCUT2D eigenvalue weighted by atomic mass is 10.0. The minimum absolute atomic E-state index is 0.0558. The molecule has 184 valence electrons. The van der Waals surface area contributed by atoms with Crippen molar-refractivity contribution < 1.29 is 33.4 Å². The highest BCUT2D eigenvalue weighted by atomic mass is 16.5. The van der Waals surface area contributed by atoms with Gasteiger partial charge in [0.1, 0.15) is 11.5 Å². The summed E-state index contributed by atoms with van der Waals surface area (Å²) < 4.78 is 16.3. The fourth-order valence-electron chi connectivity index (χ4n) is 3.24. The number of hydrogen-bond donors (Lipinski definition) is 3. The van der Waals surface area contributed by atoms with Crippen molar-refractivity contribution in [1.82, 2.24) is 10.3 Å². The van der Waals surface area contributed by atoms with Gasteiger partial charge in [-0.25, -0.2) is 4.98 Å². The van der Waals surface area contributed by atoms with E-state index in [1.165, 1.54) is 13.5 Å². The van der Waals surface area contributed by atoms with E-state index >= 15 is 0 Å². The first-order chi connectivity index (χ1) is 16.7. The van der Waals surface area contributed by atoms with E-state index in [0.29, 0.717) is 40.5 Å². The summed E-state index contributed by atoms with van der Waals surface area (Å²) in [6.07, 6.45) is 3.23. The molecule has 0 radical (unpaired) electrons. The second kappa shape index (κ2) is 11.2. The second-order valence-corrected chi connectivity index (χ2v) is 8.39. The molecule has 0 aliphatic heterocycles. The molecule has 3 aromatic rings. The summed E-state index contributed by atoms with van der Waals surface area (Å²) in [6, 6.07) is 11.7. The molecule has 0 fully saturated rings. The number of oxazole rings is 1. The largest absolute Gasteiger partial charge is 0.496 e. The van der Waals surface area contributed by atoms with Gasteiger partial charge in [-0.15, -0.1) is 0 Å². The third kappa shape index (κ3) is 7.32. The van der Waals surface area contributed by atoms with Crippen molar-refractivity contribution in [2.45, 2.75) is 32.2 Å². The maximum absolute atomic E-state index is 12.5. The van der Waals surface area contributed by atoms with Crippen molar-refractivity contribution in [2.24, 2.45) is 0 Å². The number of carboxylic acid groups (broad SMARTS) is 1. The summed E-state index contributed by atoms with van der Waals surface area (Å²) >= 11 is 0. The quantitative estimate of drug-likeness (QED) is 0.375. The molecule has 0 bridgehead atoms. The first-order valence-corrected chi connectivity index (χ1v) is 10.8. The van der Waals surface area contributed by atoms with Gasteiger partial charge in [0.05, 0.1) is 31.9 Å². The zero-order chi connectivity index (χ0) is 25.4. The lowest BCUT2D eigenvalue weighted by Gasteiger charge is -2.26. The van der Waals surface area contributed by atoms with Gasteiger partial charge >= 0.3 is 17.8 Å². The van der Waals surface area contributed by atoms with Crippen molar-refractivity contribution in [3.63, 3.8) is 0 Å². The van der Waals surface area contributed by atoms with Crippen LogP contribution in [-0.4, -0.2) is 47.1 Å². The Morgan fingerprint density at radius 2 is 1.83 bits per heavy atom. The van der Waals surface area contributed by atoms with Crippen LogP contribution in [0.5, 0.6) is 11.5 Å². The number of aliphatic carboxylic acids is 1. The number of hydrogen-bond acceptors (Lipinski definition) is 7. The first-order valence-electron chi connectivity index (χ1n) is 10.8. The third-order valence-corrected chi connectivity index (χ3v) is 5.09. The number of nitrogens with zero attached hydrogens (tertiary/aromatic N) is 1. The van der Waals surface area contributed by atoms with Gasteiger partial charge in [0, 0.05) is 23.7 Å². The zero-order valence-electron chi connectivity index (χ0n) is 19.7. The highest BCUT2D eigenvalue weighted by molar-refractivity contribution is 6.39. The summed E-state index contributed by atoms with van der Waals surface area (Å²) in [6.45, 7) is 3.85. The Morgan fingerprint density at radius 1 is 1.09 bits per heavy atom. The van der Waals surface area contributed by atoms with Crippen LogP contribution in [-0.2, 0) is 20.8 Å². The van der Waals surface area contributed by atoms with E-state index in [1.807, 2.05) is 0 Å². The summed E-state index contributed by atoms with van der Waals surface area (Å²) in [5.41, 5.74) is 1.00. The molecule has 2 amide bonds. The molecule has 0 saturated carbocycles. The number of ether oxygens (including phenoxy) is 2. The van der Waals surface area contributed by atoms with Crippen LogP contribution in [0, 0.1) is 0 Å². The Balaban J connectivity index is 1.50. The number of anilines is 1. The molecular weight excluding hydrogens is 454 g/mol. The van der Waals surface area contributed by atoms with Crippen molar-refractivity contribution in [3.05, 3.63) is 60.6 Å². The Morgan fingerprint density at radius 3 is 2.46 bits per heavy atom. The average molecular weight is 482 g/mol. The normalized spacial score (nSPS) is 10.9. The Hall–Kier alpha value is -4.34. The first kappa shape index (κ1) is 25.3. The Bertz CT molecular complexity index is 1170. The Kier molecular flexibility index (Phi) is 8.08. The van der Waals surface area contributed by atoms with Gasteiger partial charge < -0.3 is 29.6 Å². The molecule has 35 heavy (non-hydrogen) atoms. The molecule has 0 aliphatic rings. The Labute approximate surface area is 202 Å². The monoisotopic (exact) mass is 481 g/mol. The number of benzene rings is 2. The predicted octanol–water partition coefficient (Wildman–Crippen LogP) is 3.28. The van der Waals surface area contributed by atoms with Gasteiger partial charge in [0.25, 0.3) is 0 Å². The lowest BCUT2D eigenvalue weighted by molar-refractivity contribution is -0.137. The number of rotatable bonds is 10. The van der Waals surface area contributed by atoms with Gasteiger partial charge in [0.2, 0.25) is 0 Å². The van der Waals surface area contributed by atoms with Crippen LogP contribution in [0.3, 0.4) is 0 Å². The second-order valence-electron chi connectivity index (χ2n) is 8.39. The van der Waals surface area contributed by atoms with Gasteiger partial charge in [-0.2, -0.15) is 0 Å². The summed E-state index contributed by atoms with van der Waals surface area (Å²) in [4.78, 5) is 39.5. The van der Waals surface area contributed by atoms with Crippen molar-refractivity contribution in [1.29, 1.82) is 0 Å². The molecule has 3 rings (SSSR count). The minimum atomic E-state index is -0.900. The summed E-state index contributed by atoms with van der Waals surface area (Å²) in [5.74, 6) is -0.954. The van der Waals surface area contributed by atoms with Gasteiger partial charge in [-0.1, -0.05) is 12.1 Å². The fourth-order valence-corrected chi connectivity index (χ4v) is 3.24. The van der Waals surface area contributed by atoms with Crippen LogP contribution in [0.25, 0.3) is 11.3 Å². The maximum atomic E-state index is 12.5. The van der Waals surface area contributed by atoms with E-state index in [0.717, 1.165) is 0 Å². The molecule has 1 aromatic heterocycles. The SMILES string of the molecule is COc1cc(NC(=O)C(=O)NC(C)(C)CCOc2ccc(CC(=O)O)cc2)ccc1-c1cnco1.